The molecule has 0 saturated carbocycles. The van der Waals surface area contributed by atoms with Crippen LogP contribution in [0.2, 0.25) is 0 Å². The van der Waals surface area contributed by atoms with Crippen molar-refractivity contribution in [2.45, 2.75) is 6.54 Å². The summed E-state index contributed by atoms with van der Waals surface area (Å²) < 4.78 is 6.99. The van der Waals surface area contributed by atoms with Crippen LogP contribution in [0.1, 0.15) is 5.56 Å². The SMILES string of the molecule is NCc1cnc(Oc2ncn(-c3ccccc3)n2)nc1. The van der Waals surface area contributed by atoms with Crippen molar-refractivity contribution in [1.82, 2.24) is 24.7 Å². The van der Waals surface area contributed by atoms with E-state index >= 15 is 0 Å². The molecule has 3 rings (SSSR count). The van der Waals surface area contributed by atoms with Crippen LogP contribution in [-0.4, -0.2) is 24.7 Å². The standard InChI is InChI=1S/C13H12N6O/c14-6-10-7-15-12(16-8-10)20-13-17-9-19(18-13)11-4-2-1-3-5-11/h1-5,7-9H,6,14H2. The molecule has 100 valence electrons. The Balaban J connectivity index is 1.77. The average molecular weight is 268 g/mol. The van der Waals surface area contributed by atoms with Gasteiger partial charge in [0.1, 0.15) is 6.33 Å². The highest BCUT2D eigenvalue weighted by molar-refractivity contribution is 5.29. The predicted molar refractivity (Wildman–Crippen MR) is 71.4 cm³/mol. The second-order valence-corrected chi connectivity index (χ2v) is 3.99. The van der Waals surface area contributed by atoms with Crippen molar-refractivity contribution in [1.29, 1.82) is 0 Å². The second kappa shape index (κ2) is 5.45. The largest absolute Gasteiger partial charge is 0.387 e. The van der Waals surface area contributed by atoms with Gasteiger partial charge in [-0.25, -0.2) is 14.6 Å². The third-order valence-electron chi connectivity index (χ3n) is 2.59. The summed E-state index contributed by atoms with van der Waals surface area (Å²) in [4.78, 5) is 12.1. The molecule has 0 spiro atoms. The van der Waals surface area contributed by atoms with Crippen molar-refractivity contribution in [2.75, 3.05) is 0 Å². The van der Waals surface area contributed by atoms with Gasteiger partial charge in [-0.15, -0.1) is 5.10 Å². The van der Waals surface area contributed by atoms with Crippen molar-refractivity contribution in [2.24, 2.45) is 5.73 Å². The van der Waals surface area contributed by atoms with E-state index in [2.05, 4.69) is 20.1 Å². The predicted octanol–water partition coefficient (Wildman–Crippen LogP) is 1.31. The van der Waals surface area contributed by atoms with E-state index in [0.29, 0.717) is 6.54 Å². The van der Waals surface area contributed by atoms with Crippen LogP contribution in [0.4, 0.5) is 0 Å². The summed E-state index contributed by atoms with van der Waals surface area (Å²) in [6.07, 6.45) is 4.78. The van der Waals surface area contributed by atoms with Crippen LogP contribution in [0.25, 0.3) is 5.69 Å². The zero-order chi connectivity index (χ0) is 13.8. The van der Waals surface area contributed by atoms with Gasteiger partial charge in [0.25, 0.3) is 0 Å². The number of para-hydroxylation sites is 1. The summed E-state index contributed by atoms with van der Waals surface area (Å²) in [6.45, 7) is 0.390. The van der Waals surface area contributed by atoms with Gasteiger partial charge < -0.3 is 10.5 Å². The van der Waals surface area contributed by atoms with E-state index in [9.17, 15) is 0 Å². The quantitative estimate of drug-likeness (QED) is 0.767. The summed E-state index contributed by atoms with van der Waals surface area (Å²) in [7, 11) is 0. The molecule has 2 aromatic heterocycles. The van der Waals surface area contributed by atoms with Gasteiger partial charge in [0.05, 0.1) is 5.69 Å². The first-order valence-corrected chi connectivity index (χ1v) is 6.01. The van der Waals surface area contributed by atoms with Crippen molar-refractivity contribution >= 4 is 0 Å². The molecule has 2 heterocycles. The fourth-order valence-electron chi connectivity index (χ4n) is 1.58. The van der Waals surface area contributed by atoms with Crippen LogP contribution in [0.15, 0.2) is 49.1 Å². The zero-order valence-corrected chi connectivity index (χ0v) is 10.5. The molecule has 0 bridgehead atoms. The molecule has 7 heteroatoms. The fourth-order valence-corrected chi connectivity index (χ4v) is 1.58. The average Bonchev–Trinajstić information content (AvgIpc) is 2.97. The van der Waals surface area contributed by atoms with Gasteiger partial charge in [-0.3, -0.25) is 0 Å². The Bertz CT molecular complexity index is 680. The van der Waals surface area contributed by atoms with Crippen LogP contribution in [0, 0.1) is 0 Å². The molecule has 20 heavy (non-hydrogen) atoms. The number of nitrogens with zero attached hydrogens (tertiary/aromatic N) is 5. The molecule has 0 aliphatic heterocycles. The number of benzene rings is 1. The number of ether oxygens (including phenoxy) is 1. The van der Waals surface area contributed by atoms with Crippen molar-refractivity contribution < 1.29 is 4.74 Å². The molecule has 0 unspecified atom stereocenters. The lowest BCUT2D eigenvalue weighted by Gasteiger charge is -2.00. The molecule has 0 atom stereocenters. The molecular weight excluding hydrogens is 256 g/mol. The van der Waals surface area contributed by atoms with Crippen LogP contribution in [0.3, 0.4) is 0 Å². The molecule has 7 nitrogen and oxygen atoms in total. The summed E-state index contributed by atoms with van der Waals surface area (Å²) >= 11 is 0. The van der Waals surface area contributed by atoms with Gasteiger partial charge >= 0.3 is 12.0 Å². The normalized spacial score (nSPS) is 10.4. The molecule has 0 aliphatic rings. The molecule has 3 aromatic rings. The number of hydrogen-bond donors (Lipinski definition) is 1. The van der Waals surface area contributed by atoms with Crippen LogP contribution < -0.4 is 10.5 Å². The molecule has 1 aromatic carbocycles. The van der Waals surface area contributed by atoms with Gasteiger partial charge in [0.15, 0.2) is 0 Å². The molecule has 0 fully saturated rings. The topological polar surface area (TPSA) is 91.7 Å². The highest BCUT2D eigenvalue weighted by Crippen LogP contribution is 2.13. The Kier molecular flexibility index (Phi) is 3.34. The monoisotopic (exact) mass is 268 g/mol. The minimum absolute atomic E-state index is 0.188. The van der Waals surface area contributed by atoms with Gasteiger partial charge in [-0.2, -0.15) is 4.98 Å². The molecule has 0 amide bonds. The lowest BCUT2D eigenvalue weighted by molar-refractivity contribution is 0.406. The first-order chi connectivity index (χ1) is 9.85. The smallest absolute Gasteiger partial charge is 0.343 e. The first-order valence-electron chi connectivity index (χ1n) is 6.01. The molecular formula is C13H12N6O. The van der Waals surface area contributed by atoms with Crippen molar-refractivity contribution in [3.8, 4) is 17.7 Å². The van der Waals surface area contributed by atoms with E-state index in [4.69, 9.17) is 10.5 Å². The Hall–Kier alpha value is -2.80. The molecule has 0 aliphatic carbocycles. The maximum atomic E-state index is 5.47. The minimum Gasteiger partial charge on any atom is -0.387 e. The lowest BCUT2D eigenvalue weighted by atomic mass is 10.3. The molecule has 0 saturated heterocycles. The fraction of sp³-hybridized carbons (Fsp3) is 0.0769. The molecule has 2 N–H and O–H groups in total. The van der Waals surface area contributed by atoms with E-state index in [-0.39, 0.29) is 12.0 Å². The highest BCUT2D eigenvalue weighted by Gasteiger charge is 2.06. The summed E-state index contributed by atoms with van der Waals surface area (Å²) in [6, 6.07) is 10.0. The Morgan fingerprint density at radius 2 is 1.75 bits per heavy atom. The van der Waals surface area contributed by atoms with E-state index in [1.165, 1.54) is 0 Å². The Labute approximate surface area is 115 Å². The molecule has 0 radical (unpaired) electrons. The lowest BCUT2D eigenvalue weighted by Crippen LogP contribution is -2.00. The van der Waals surface area contributed by atoms with Gasteiger partial charge in [0, 0.05) is 24.5 Å². The highest BCUT2D eigenvalue weighted by atomic mass is 16.5. The second-order valence-electron chi connectivity index (χ2n) is 3.99. The summed E-state index contributed by atoms with van der Waals surface area (Å²) in [5, 5.41) is 4.20. The van der Waals surface area contributed by atoms with Gasteiger partial charge in [-0.05, 0) is 12.1 Å². The Morgan fingerprint density at radius 3 is 2.45 bits per heavy atom. The minimum atomic E-state index is 0.188. The first kappa shape index (κ1) is 12.2. The summed E-state index contributed by atoms with van der Waals surface area (Å²) in [5.74, 6) is 0. The van der Waals surface area contributed by atoms with E-state index < -0.39 is 0 Å². The van der Waals surface area contributed by atoms with E-state index in [1.54, 1.807) is 23.4 Å². The maximum absolute atomic E-state index is 5.47. The van der Waals surface area contributed by atoms with Crippen molar-refractivity contribution in [3.63, 3.8) is 0 Å². The van der Waals surface area contributed by atoms with Crippen LogP contribution in [-0.2, 0) is 6.54 Å². The number of rotatable bonds is 4. The van der Waals surface area contributed by atoms with E-state index in [0.717, 1.165) is 11.3 Å². The van der Waals surface area contributed by atoms with Crippen LogP contribution >= 0.6 is 0 Å². The Morgan fingerprint density at radius 1 is 1.00 bits per heavy atom. The summed E-state index contributed by atoms with van der Waals surface area (Å²) in [5.41, 5.74) is 7.20. The number of nitrogens with two attached hydrogens (primary N) is 1. The van der Waals surface area contributed by atoms with Crippen LogP contribution in [0.5, 0.6) is 12.0 Å². The number of aromatic nitrogens is 5. The number of hydrogen-bond acceptors (Lipinski definition) is 6. The third kappa shape index (κ3) is 2.62. The zero-order valence-electron chi connectivity index (χ0n) is 10.5. The maximum Gasteiger partial charge on any atom is 0.343 e. The van der Waals surface area contributed by atoms with Gasteiger partial charge in [-0.1, -0.05) is 18.2 Å². The van der Waals surface area contributed by atoms with E-state index in [1.807, 2.05) is 30.3 Å². The van der Waals surface area contributed by atoms with Crippen molar-refractivity contribution in [3.05, 3.63) is 54.6 Å². The van der Waals surface area contributed by atoms with Gasteiger partial charge in [0.2, 0.25) is 0 Å². The third-order valence-corrected chi connectivity index (χ3v) is 2.59.